The molecule has 2 aliphatic rings. The van der Waals surface area contributed by atoms with Gasteiger partial charge in [-0.15, -0.1) is 0 Å². The molecule has 0 amide bonds. The summed E-state index contributed by atoms with van der Waals surface area (Å²) < 4.78 is 18.1. The Morgan fingerprint density at radius 2 is 1.19 bits per heavy atom. The van der Waals surface area contributed by atoms with Crippen molar-refractivity contribution in [1.29, 1.82) is 0 Å². The Bertz CT molecular complexity index is 236. The number of hydrogen-bond acceptors (Lipinski definition) is 3. The fraction of sp³-hybridized carbons (Fsp3) is 1.00. The van der Waals surface area contributed by atoms with Gasteiger partial charge in [0.2, 0.25) is 0 Å². The van der Waals surface area contributed by atoms with Crippen molar-refractivity contribution >= 4 is 0 Å². The summed E-state index contributed by atoms with van der Waals surface area (Å²) in [4.78, 5) is 0. The van der Waals surface area contributed by atoms with Crippen molar-refractivity contribution in [3.63, 3.8) is 0 Å². The molecule has 0 spiro atoms. The zero-order valence-electron chi connectivity index (χ0n) is 11.2. The molecule has 2 fully saturated rings. The Morgan fingerprint density at radius 1 is 0.812 bits per heavy atom. The Labute approximate surface area is 98.4 Å². The molecule has 0 radical (unpaired) electrons. The molecule has 0 unspecified atom stereocenters. The van der Waals surface area contributed by atoms with Crippen molar-refractivity contribution in [1.82, 2.24) is 0 Å². The summed E-state index contributed by atoms with van der Waals surface area (Å²) in [6.45, 7) is 12.7. The van der Waals surface area contributed by atoms with Crippen LogP contribution in [0, 0.1) is 11.8 Å². The summed E-state index contributed by atoms with van der Waals surface area (Å²) in [5.41, 5.74) is 0. The largest absolute Gasteiger partial charge is 0.369 e. The summed E-state index contributed by atoms with van der Waals surface area (Å²) in [5, 5.41) is 0. The first kappa shape index (κ1) is 12.3. The van der Waals surface area contributed by atoms with Crippen LogP contribution in [0.15, 0.2) is 0 Å². The van der Waals surface area contributed by atoms with Gasteiger partial charge in [-0.3, -0.25) is 0 Å². The maximum Gasteiger partial charge on any atom is 0.164 e. The molecule has 0 N–H and O–H groups in total. The first-order chi connectivity index (χ1) is 7.32. The van der Waals surface area contributed by atoms with Crippen molar-refractivity contribution in [3.05, 3.63) is 0 Å². The summed E-state index contributed by atoms with van der Waals surface area (Å²) in [6.07, 6.45) is 0.531. The molecule has 2 saturated heterocycles. The van der Waals surface area contributed by atoms with Crippen LogP contribution in [-0.2, 0) is 14.2 Å². The highest BCUT2D eigenvalue weighted by Gasteiger charge is 2.56. The van der Waals surface area contributed by atoms with E-state index in [1.807, 2.05) is 13.8 Å². The lowest BCUT2D eigenvalue weighted by atomic mass is 9.96. The molecule has 0 aromatic carbocycles. The molecule has 16 heavy (non-hydrogen) atoms. The third-order valence-electron chi connectivity index (χ3n) is 3.44. The van der Waals surface area contributed by atoms with Crippen LogP contribution < -0.4 is 0 Å². The van der Waals surface area contributed by atoms with E-state index in [4.69, 9.17) is 14.2 Å². The molecule has 0 aromatic rings. The first-order valence-electron chi connectivity index (χ1n) is 6.33. The summed E-state index contributed by atoms with van der Waals surface area (Å²) >= 11 is 0. The van der Waals surface area contributed by atoms with Gasteiger partial charge in [0.25, 0.3) is 0 Å². The van der Waals surface area contributed by atoms with E-state index >= 15 is 0 Å². The average molecular weight is 228 g/mol. The second-order valence-electron chi connectivity index (χ2n) is 6.12. The van der Waals surface area contributed by atoms with Gasteiger partial charge in [0, 0.05) is 0 Å². The van der Waals surface area contributed by atoms with E-state index in [9.17, 15) is 0 Å². The summed E-state index contributed by atoms with van der Waals surface area (Å²) in [6, 6.07) is 0. The van der Waals surface area contributed by atoms with Gasteiger partial charge in [-0.2, -0.15) is 0 Å². The zero-order valence-corrected chi connectivity index (χ0v) is 11.2. The highest BCUT2D eigenvalue weighted by Crippen LogP contribution is 2.42. The molecule has 3 nitrogen and oxygen atoms in total. The zero-order chi connectivity index (χ0) is 12.1. The van der Waals surface area contributed by atoms with Gasteiger partial charge in [0.05, 0.1) is 12.2 Å². The quantitative estimate of drug-likeness (QED) is 0.727. The molecule has 0 aliphatic carbocycles. The van der Waals surface area contributed by atoms with E-state index in [-0.39, 0.29) is 24.4 Å². The van der Waals surface area contributed by atoms with Crippen LogP contribution in [0.2, 0.25) is 0 Å². The minimum absolute atomic E-state index is 0.0994. The van der Waals surface area contributed by atoms with Crippen LogP contribution in [0.1, 0.15) is 41.5 Å². The van der Waals surface area contributed by atoms with E-state index in [0.29, 0.717) is 11.8 Å². The van der Waals surface area contributed by atoms with E-state index < -0.39 is 5.79 Å². The third kappa shape index (κ3) is 2.01. The molecule has 0 bridgehead atoms. The highest BCUT2D eigenvalue weighted by atomic mass is 16.8. The molecular formula is C13H24O3. The van der Waals surface area contributed by atoms with Crippen LogP contribution in [0.5, 0.6) is 0 Å². The van der Waals surface area contributed by atoms with Crippen molar-refractivity contribution in [2.75, 3.05) is 0 Å². The lowest BCUT2D eigenvalue weighted by Crippen LogP contribution is -2.33. The van der Waals surface area contributed by atoms with Gasteiger partial charge in [-0.05, 0) is 25.7 Å². The number of ether oxygens (including phenoxy) is 3. The molecule has 2 aliphatic heterocycles. The molecule has 2 rings (SSSR count). The Morgan fingerprint density at radius 3 is 1.50 bits per heavy atom. The standard InChI is InChI=1S/C13H24O3/c1-7(2)9-11-12(10(14-9)8(3)4)16-13(5,6)15-11/h7-12H,1-6H3/t9-,10+,11-,12+. The first-order valence-corrected chi connectivity index (χ1v) is 6.33. The average Bonchev–Trinajstić information content (AvgIpc) is 2.56. The molecule has 0 saturated carbocycles. The second kappa shape index (κ2) is 3.97. The van der Waals surface area contributed by atoms with Crippen LogP contribution in [0.25, 0.3) is 0 Å². The monoisotopic (exact) mass is 228 g/mol. The van der Waals surface area contributed by atoms with Gasteiger partial charge in [-0.1, -0.05) is 27.7 Å². The van der Waals surface area contributed by atoms with Gasteiger partial charge < -0.3 is 14.2 Å². The summed E-state index contributed by atoms with van der Waals surface area (Å²) in [5.74, 6) is 0.474. The number of fused-ring (bicyclic) bond motifs is 1. The Kier molecular flexibility index (Phi) is 3.06. The highest BCUT2D eigenvalue weighted by molar-refractivity contribution is 4.99. The molecule has 0 aromatic heterocycles. The lowest BCUT2D eigenvalue weighted by molar-refractivity contribution is -0.195. The van der Waals surface area contributed by atoms with Gasteiger partial charge in [0.15, 0.2) is 5.79 Å². The van der Waals surface area contributed by atoms with Crippen LogP contribution in [0.4, 0.5) is 0 Å². The fourth-order valence-corrected chi connectivity index (χ4v) is 2.73. The molecule has 94 valence electrons. The molecule has 2 heterocycles. The minimum atomic E-state index is -0.459. The van der Waals surface area contributed by atoms with Gasteiger partial charge >= 0.3 is 0 Å². The van der Waals surface area contributed by atoms with E-state index in [1.54, 1.807) is 0 Å². The summed E-state index contributed by atoms with van der Waals surface area (Å²) in [7, 11) is 0. The van der Waals surface area contributed by atoms with Crippen LogP contribution in [-0.4, -0.2) is 30.2 Å². The topological polar surface area (TPSA) is 27.7 Å². The van der Waals surface area contributed by atoms with Crippen molar-refractivity contribution < 1.29 is 14.2 Å². The lowest BCUT2D eigenvalue weighted by Gasteiger charge is -2.27. The second-order valence-corrected chi connectivity index (χ2v) is 6.12. The minimum Gasteiger partial charge on any atom is -0.369 e. The van der Waals surface area contributed by atoms with E-state index in [2.05, 4.69) is 27.7 Å². The fourth-order valence-electron chi connectivity index (χ4n) is 2.73. The Hall–Kier alpha value is -0.120. The predicted molar refractivity (Wildman–Crippen MR) is 62.2 cm³/mol. The normalized spacial score (nSPS) is 42.0. The van der Waals surface area contributed by atoms with Crippen molar-refractivity contribution in [2.45, 2.75) is 71.7 Å². The number of hydrogen-bond donors (Lipinski definition) is 0. The SMILES string of the molecule is CC(C)[C@H]1O[C@@H](C(C)C)[C@@H]2OC(C)(C)O[C@@H]21. The molecule has 4 atom stereocenters. The maximum atomic E-state index is 6.09. The van der Waals surface area contributed by atoms with Crippen LogP contribution in [0.3, 0.4) is 0 Å². The predicted octanol–water partition coefficient (Wildman–Crippen LogP) is 2.59. The van der Waals surface area contributed by atoms with E-state index in [1.165, 1.54) is 0 Å². The van der Waals surface area contributed by atoms with Crippen molar-refractivity contribution in [2.24, 2.45) is 11.8 Å². The van der Waals surface area contributed by atoms with Crippen LogP contribution >= 0.6 is 0 Å². The van der Waals surface area contributed by atoms with Crippen molar-refractivity contribution in [3.8, 4) is 0 Å². The smallest absolute Gasteiger partial charge is 0.164 e. The Balaban J connectivity index is 2.19. The molecule has 3 heteroatoms. The van der Waals surface area contributed by atoms with E-state index in [0.717, 1.165) is 0 Å². The van der Waals surface area contributed by atoms with Gasteiger partial charge in [0.1, 0.15) is 12.2 Å². The third-order valence-corrected chi connectivity index (χ3v) is 3.44. The van der Waals surface area contributed by atoms with Gasteiger partial charge in [-0.25, -0.2) is 0 Å². The maximum absolute atomic E-state index is 6.09. The number of rotatable bonds is 2. The molecular weight excluding hydrogens is 204 g/mol.